The van der Waals surface area contributed by atoms with Crippen LogP contribution in [-0.4, -0.2) is 24.5 Å². The number of carbonyl (C=O) groups excluding carboxylic acids is 2. The summed E-state index contributed by atoms with van der Waals surface area (Å²) < 4.78 is 19.7. The molecule has 0 heterocycles. The summed E-state index contributed by atoms with van der Waals surface area (Å²) in [4.78, 5) is 25.3. The van der Waals surface area contributed by atoms with E-state index in [0.717, 1.165) is 0 Å². The third-order valence-corrected chi connectivity index (χ3v) is 4.50. The molecule has 2 amide bonds. The Balaban J connectivity index is 1.70. The zero-order chi connectivity index (χ0) is 21.5. The number of nitrogens with one attached hydrogen (secondary N) is 2. The number of halogens is 1. The molecule has 30 heavy (non-hydrogen) atoms. The van der Waals surface area contributed by atoms with Crippen LogP contribution in [0.3, 0.4) is 0 Å². The second-order valence-electron chi connectivity index (χ2n) is 6.88. The van der Waals surface area contributed by atoms with Crippen LogP contribution in [0.1, 0.15) is 33.2 Å². The van der Waals surface area contributed by atoms with E-state index in [1.54, 1.807) is 31.2 Å². The van der Waals surface area contributed by atoms with Gasteiger partial charge in [-0.25, -0.2) is 4.39 Å². The average Bonchev–Trinajstić information content (AvgIpc) is 2.74. The van der Waals surface area contributed by atoms with Gasteiger partial charge in [-0.1, -0.05) is 42.5 Å². The average molecular weight is 406 g/mol. The summed E-state index contributed by atoms with van der Waals surface area (Å²) >= 11 is 0. The highest BCUT2D eigenvalue weighted by atomic mass is 19.1. The zero-order valence-electron chi connectivity index (χ0n) is 16.8. The van der Waals surface area contributed by atoms with Gasteiger partial charge in [-0.05, 0) is 49.7 Å². The van der Waals surface area contributed by atoms with Gasteiger partial charge in [-0.15, -0.1) is 0 Å². The number of ether oxygens (including phenoxy) is 1. The lowest BCUT2D eigenvalue weighted by Crippen LogP contribution is -2.34. The molecule has 0 saturated heterocycles. The van der Waals surface area contributed by atoms with Crippen LogP contribution in [0.2, 0.25) is 0 Å². The number of aryl methyl sites for hydroxylation is 1. The topological polar surface area (TPSA) is 67.4 Å². The van der Waals surface area contributed by atoms with Crippen molar-refractivity contribution in [2.75, 3.05) is 11.9 Å². The Labute approximate surface area is 174 Å². The number of rotatable bonds is 7. The maximum Gasteiger partial charge on any atom is 0.258 e. The summed E-state index contributed by atoms with van der Waals surface area (Å²) in [6, 6.07) is 20.1. The molecule has 3 rings (SSSR count). The quantitative estimate of drug-likeness (QED) is 0.603. The predicted octanol–water partition coefficient (Wildman–Crippen LogP) is 4.58. The molecular weight excluding hydrogens is 383 g/mol. The van der Waals surface area contributed by atoms with Gasteiger partial charge in [0.2, 0.25) is 0 Å². The Morgan fingerprint density at radius 3 is 2.30 bits per heavy atom. The molecule has 5 nitrogen and oxygen atoms in total. The molecule has 0 radical (unpaired) electrons. The molecule has 2 N–H and O–H groups in total. The summed E-state index contributed by atoms with van der Waals surface area (Å²) in [5, 5.41) is 5.49. The molecule has 0 bridgehead atoms. The van der Waals surface area contributed by atoms with Crippen molar-refractivity contribution in [3.63, 3.8) is 0 Å². The van der Waals surface area contributed by atoms with E-state index >= 15 is 0 Å². The lowest BCUT2D eigenvalue weighted by molar-refractivity contribution is 0.0933. The van der Waals surface area contributed by atoms with Crippen LogP contribution in [0.5, 0.6) is 5.75 Å². The smallest absolute Gasteiger partial charge is 0.258 e. The summed E-state index contributed by atoms with van der Waals surface area (Å²) in [6.45, 7) is 3.90. The van der Waals surface area contributed by atoms with E-state index in [4.69, 9.17) is 4.74 Å². The van der Waals surface area contributed by atoms with Crippen molar-refractivity contribution in [3.05, 3.63) is 95.3 Å². The van der Waals surface area contributed by atoms with Crippen LogP contribution >= 0.6 is 0 Å². The van der Waals surface area contributed by atoms with E-state index in [9.17, 15) is 14.0 Å². The van der Waals surface area contributed by atoms with Gasteiger partial charge >= 0.3 is 0 Å². The maximum atomic E-state index is 13.9. The second kappa shape index (κ2) is 9.69. The van der Waals surface area contributed by atoms with E-state index in [1.165, 1.54) is 18.2 Å². The monoisotopic (exact) mass is 406 g/mol. The Bertz CT molecular complexity index is 1040. The predicted molar refractivity (Wildman–Crippen MR) is 114 cm³/mol. The molecule has 1 atom stereocenters. The minimum absolute atomic E-state index is 0.0861. The van der Waals surface area contributed by atoms with Gasteiger partial charge in [0.15, 0.2) is 0 Å². The molecule has 0 spiro atoms. The molecule has 0 aliphatic carbocycles. The number of benzene rings is 3. The fourth-order valence-electron chi connectivity index (χ4n) is 2.95. The van der Waals surface area contributed by atoms with Crippen LogP contribution in [0.25, 0.3) is 0 Å². The highest BCUT2D eigenvalue weighted by Gasteiger charge is 2.18. The third kappa shape index (κ3) is 5.23. The highest BCUT2D eigenvalue weighted by Crippen LogP contribution is 2.22. The molecule has 0 aliphatic heterocycles. The van der Waals surface area contributed by atoms with Gasteiger partial charge in [0.25, 0.3) is 11.8 Å². The Morgan fingerprint density at radius 2 is 1.57 bits per heavy atom. The van der Waals surface area contributed by atoms with Crippen LogP contribution in [0, 0.1) is 12.7 Å². The maximum absolute atomic E-state index is 13.9. The minimum Gasteiger partial charge on any atom is -0.489 e. The second-order valence-corrected chi connectivity index (χ2v) is 6.88. The Kier molecular flexibility index (Phi) is 6.80. The van der Waals surface area contributed by atoms with Gasteiger partial charge in [0.05, 0.1) is 23.4 Å². The number of anilines is 1. The van der Waals surface area contributed by atoms with Crippen molar-refractivity contribution in [3.8, 4) is 5.75 Å². The van der Waals surface area contributed by atoms with E-state index in [2.05, 4.69) is 10.6 Å². The van der Waals surface area contributed by atoms with Crippen LogP contribution in [0.15, 0.2) is 72.8 Å². The molecule has 0 aromatic heterocycles. The first-order chi connectivity index (χ1) is 14.5. The first kappa shape index (κ1) is 21.0. The number of amides is 2. The molecule has 154 valence electrons. The van der Waals surface area contributed by atoms with Crippen LogP contribution < -0.4 is 15.4 Å². The number of para-hydroxylation sites is 2. The largest absolute Gasteiger partial charge is 0.489 e. The molecule has 3 aromatic carbocycles. The van der Waals surface area contributed by atoms with Gasteiger partial charge in [-0.2, -0.15) is 0 Å². The van der Waals surface area contributed by atoms with Crippen molar-refractivity contribution in [2.24, 2.45) is 0 Å². The van der Waals surface area contributed by atoms with Crippen molar-refractivity contribution in [1.82, 2.24) is 5.32 Å². The molecule has 6 heteroatoms. The zero-order valence-corrected chi connectivity index (χ0v) is 16.8. The highest BCUT2D eigenvalue weighted by molar-refractivity contribution is 6.09. The lowest BCUT2D eigenvalue weighted by atomic mass is 10.1. The fraction of sp³-hybridized carbons (Fsp3) is 0.167. The summed E-state index contributed by atoms with van der Waals surface area (Å²) in [5.74, 6) is -0.877. The molecule has 0 aliphatic rings. The SMILES string of the molecule is Cc1cccc(C(=O)NCC(C)Oc2ccccc2)c1NC(=O)c1ccccc1F. The van der Waals surface area contributed by atoms with Crippen LogP contribution in [0.4, 0.5) is 10.1 Å². The van der Waals surface area contributed by atoms with E-state index < -0.39 is 11.7 Å². The number of hydrogen-bond acceptors (Lipinski definition) is 3. The third-order valence-electron chi connectivity index (χ3n) is 4.50. The van der Waals surface area contributed by atoms with E-state index in [1.807, 2.05) is 37.3 Å². The molecule has 0 saturated carbocycles. The number of carbonyl (C=O) groups is 2. The normalized spacial score (nSPS) is 11.4. The van der Waals surface area contributed by atoms with Crippen molar-refractivity contribution < 1.29 is 18.7 Å². The molecule has 1 unspecified atom stereocenters. The Hall–Kier alpha value is -3.67. The van der Waals surface area contributed by atoms with Crippen molar-refractivity contribution in [2.45, 2.75) is 20.0 Å². The van der Waals surface area contributed by atoms with E-state index in [0.29, 0.717) is 22.6 Å². The molecular formula is C24H23FN2O3. The van der Waals surface area contributed by atoms with Gasteiger partial charge in [-0.3, -0.25) is 9.59 Å². The number of hydrogen-bond donors (Lipinski definition) is 2. The standard InChI is InChI=1S/C24H23FN2O3/c1-16-9-8-13-20(22(16)27-24(29)19-12-6-7-14-21(19)25)23(28)26-15-17(2)30-18-10-4-3-5-11-18/h3-14,17H,15H2,1-2H3,(H,26,28)(H,27,29). The summed E-state index contributed by atoms with van der Waals surface area (Å²) in [6.07, 6.45) is -0.252. The van der Waals surface area contributed by atoms with Crippen LogP contribution in [-0.2, 0) is 0 Å². The first-order valence-electron chi connectivity index (χ1n) is 9.61. The van der Waals surface area contributed by atoms with Gasteiger partial charge in [0.1, 0.15) is 17.7 Å². The first-order valence-corrected chi connectivity index (χ1v) is 9.61. The van der Waals surface area contributed by atoms with E-state index in [-0.39, 0.29) is 24.1 Å². The summed E-state index contributed by atoms with van der Waals surface area (Å²) in [7, 11) is 0. The van der Waals surface area contributed by atoms with Crippen molar-refractivity contribution in [1.29, 1.82) is 0 Å². The van der Waals surface area contributed by atoms with Gasteiger partial charge in [0, 0.05) is 0 Å². The fourth-order valence-corrected chi connectivity index (χ4v) is 2.95. The molecule has 3 aromatic rings. The van der Waals surface area contributed by atoms with Crippen molar-refractivity contribution >= 4 is 17.5 Å². The Morgan fingerprint density at radius 1 is 0.900 bits per heavy atom. The lowest BCUT2D eigenvalue weighted by Gasteiger charge is -2.17. The molecule has 0 fully saturated rings. The van der Waals surface area contributed by atoms with Gasteiger partial charge < -0.3 is 15.4 Å². The summed E-state index contributed by atoms with van der Waals surface area (Å²) in [5.41, 5.74) is 1.25. The minimum atomic E-state index is -0.624.